The number of piperidine rings is 1. The molecule has 10 heteroatoms. The van der Waals surface area contributed by atoms with Crippen LogP contribution in [0, 0.1) is 0 Å². The van der Waals surface area contributed by atoms with E-state index in [-0.39, 0.29) is 21.5 Å². The molecule has 0 radical (unpaired) electrons. The molecule has 1 atom stereocenters. The number of rotatable bonds is 4. The van der Waals surface area contributed by atoms with Crippen LogP contribution in [-0.4, -0.2) is 46.5 Å². The van der Waals surface area contributed by atoms with E-state index in [4.69, 9.17) is 23.2 Å². The van der Waals surface area contributed by atoms with Crippen LogP contribution in [0.1, 0.15) is 12.8 Å². The minimum Gasteiger partial charge on any atom is -0.213 e. The van der Waals surface area contributed by atoms with E-state index in [1.807, 2.05) is 0 Å². The quantitative estimate of drug-likeness (QED) is 0.853. The Bertz CT molecular complexity index is 745. The molecule has 1 unspecified atom stereocenters. The van der Waals surface area contributed by atoms with Gasteiger partial charge in [0.2, 0.25) is 20.0 Å². The predicted molar refractivity (Wildman–Crippen MR) is 86.2 cm³/mol. The molecule has 0 aliphatic carbocycles. The van der Waals surface area contributed by atoms with E-state index < -0.39 is 26.1 Å². The lowest BCUT2D eigenvalue weighted by Crippen LogP contribution is -2.49. The van der Waals surface area contributed by atoms with Crippen molar-refractivity contribution in [2.45, 2.75) is 23.8 Å². The highest BCUT2D eigenvalue weighted by atomic mass is 35.5. The maximum atomic E-state index is 12.4. The van der Waals surface area contributed by atoms with E-state index in [2.05, 4.69) is 4.72 Å². The molecule has 0 spiro atoms. The molecule has 1 fully saturated rings. The van der Waals surface area contributed by atoms with Gasteiger partial charge in [0.15, 0.2) is 0 Å². The number of hydrogen-bond donors (Lipinski definition) is 1. The lowest BCUT2D eigenvalue weighted by molar-refractivity contribution is 0.305. The first-order chi connectivity index (χ1) is 10.1. The van der Waals surface area contributed by atoms with Gasteiger partial charge >= 0.3 is 0 Å². The summed E-state index contributed by atoms with van der Waals surface area (Å²) in [7, 11) is -7.15. The van der Waals surface area contributed by atoms with Crippen LogP contribution in [0.3, 0.4) is 0 Å². The van der Waals surface area contributed by atoms with Crippen molar-refractivity contribution in [3.8, 4) is 0 Å². The minimum absolute atomic E-state index is 0.0403. The van der Waals surface area contributed by atoms with Crippen molar-refractivity contribution in [1.29, 1.82) is 0 Å². The lowest BCUT2D eigenvalue weighted by Gasteiger charge is -2.31. The molecule has 1 aromatic carbocycles. The summed E-state index contributed by atoms with van der Waals surface area (Å²) in [5.41, 5.74) is 0. The molecular weight excluding hydrogens is 371 g/mol. The molecule has 0 aromatic heterocycles. The predicted octanol–water partition coefficient (Wildman–Crippen LogP) is 1.70. The maximum absolute atomic E-state index is 12.4. The first-order valence-electron chi connectivity index (χ1n) is 6.51. The standard InChI is InChI=1S/C12H16Cl2N2O4S2/c1-21(17,18)16-4-2-3-11(8-16)15-22(19,20)12-6-9(13)5-10(14)7-12/h5-7,11,15H,2-4,8H2,1H3. The number of halogens is 2. The van der Waals surface area contributed by atoms with Crippen molar-refractivity contribution < 1.29 is 16.8 Å². The van der Waals surface area contributed by atoms with Crippen LogP contribution in [-0.2, 0) is 20.0 Å². The van der Waals surface area contributed by atoms with Gasteiger partial charge in [-0.25, -0.2) is 25.9 Å². The van der Waals surface area contributed by atoms with Gasteiger partial charge in [-0.1, -0.05) is 23.2 Å². The normalized spacial score (nSPS) is 21.0. The summed E-state index contributed by atoms with van der Waals surface area (Å²) in [4.78, 5) is -0.0403. The molecule has 1 aliphatic heterocycles. The largest absolute Gasteiger partial charge is 0.240 e. The Kier molecular flexibility index (Phi) is 5.41. The van der Waals surface area contributed by atoms with Crippen molar-refractivity contribution in [3.63, 3.8) is 0 Å². The maximum Gasteiger partial charge on any atom is 0.240 e. The number of benzene rings is 1. The third kappa shape index (κ3) is 4.56. The highest BCUT2D eigenvalue weighted by molar-refractivity contribution is 7.89. The summed E-state index contributed by atoms with van der Waals surface area (Å²) in [6.45, 7) is 0.520. The van der Waals surface area contributed by atoms with Gasteiger partial charge < -0.3 is 0 Å². The third-order valence-corrected chi connectivity index (χ3v) is 6.53. The van der Waals surface area contributed by atoms with Crippen LogP contribution in [0.2, 0.25) is 10.0 Å². The van der Waals surface area contributed by atoms with E-state index in [9.17, 15) is 16.8 Å². The van der Waals surface area contributed by atoms with Crippen molar-refractivity contribution in [3.05, 3.63) is 28.2 Å². The van der Waals surface area contributed by atoms with Crippen LogP contribution < -0.4 is 4.72 Å². The van der Waals surface area contributed by atoms with Gasteiger partial charge in [0.05, 0.1) is 11.2 Å². The van der Waals surface area contributed by atoms with Gasteiger partial charge in [-0.05, 0) is 31.0 Å². The van der Waals surface area contributed by atoms with Crippen LogP contribution in [0.15, 0.2) is 23.1 Å². The van der Waals surface area contributed by atoms with Crippen LogP contribution in [0.25, 0.3) is 0 Å². The lowest BCUT2D eigenvalue weighted by atomic mass is 10.1. The van der Waals surface area contributed by atoms with Crippen LogP contribution >= 0.6 is 23.2 Å². The van der Waals surface area contributed by atoms with Crippen molar-refractivity contribution in [1.82, 2.24) is 9.03 Å². The fourth-order valence-corrected chi connectivity index (χ4v) is 5.21. The average molecular weight is 387 g/mol. The highest BCUT2D eigenvalue weighted by Crippen LogP contribution is 2.23. The Hall–Kier alpha value is -0.380. The second-order valence-corrected chi connectivity index (χ2v) is 9.76. The second-order valence-electron chi connectivity index (χ2n) is 5.19. The molecule has 1 aromatic rings. The van der Waals surface area contributed by atoms with E-state index in [1.54, 1.807) is 0 Å². The SMILES string of the molecule is CS(=O)(=O)N1CCCC(NS(=O)(=O)c2cc(Cl)cc(Cl)c2)C1. The number of nitrogens with zero attached hydrogens (tertiary/aromatic N) is 1. The fourth-order valence-electron chi connectivity index (χ4n) is 2.31. The molecule has 0 amide bonds. The van der Waals surface area contributed by atoms with Gasteiger partial charge in [-0.15, -0.1) is 0 Å². The summed E-state index contributed by atoms with van der Waals surface area (Å²) in [5, 5.41) is 0.434. The molecule has 1 saturated heterocycles. The monoisotopic (exact) mass is 386 g/mol. The fraction of sp³-hybridized carbons (Fsp3) is 0.500. The zero-order valence-corrected chi connectivity index (χ0v) is 14.9. The topological polar surface area (TPSA) is 83.6 Å². The first-order valence-corrected chi connectivity index (χ1v) is 10.6. The smallest absolute Gasteiger partial charge is 0.213 e. The second kappa shape index (κ2) is 6.62. The molecule has 1 heterocycles. The average Bonchev–Trinajstić information content (AvgIpc) is 2.36. The zero-order valence-electron chi connectivity index (χ0n) is 11.8. The van der Waals surface area contributed by atoms with Gasteiger partial charge in [-0.2, -0.15) is 0 Å². The molecule has 2 rings (SSSR count). The summed E-state index contributed by atoms with van der Waals surface area (Å²) in [6, 6.07) is 3.56. The molecule has 1 aliphatic rings. The molecule has 0 saturated carbocycles. The summed E-state index contributed by atoms with van der Waals surface area (Å²) in [6.07, 6.45) is 2.27. The molecule has 6 nitrogen and oxygen atoms in total. The molecule has 22 heavy (non-hydrogen) atoms. The Morgan fingerprint density at radius 1 is 1.14 bits per heavy atom. The highest BCUT2D eigenvalue weighted by Gasteiger charge is 2.29. The number of sulfonamides is 2. The Labute approximate surface area is 140 Å². The summed E-state index contributed by atoms with van der Waals surface area (Å²) >= 11 is 11.6. The van der Waals surface area contributed by atoms with Crippen molar-refractivity contribution in [2.24, 2.45) is 0 Å². The van der Waals surface area contributed by atoms with Gasteiger partial charge in [0, 0.05) is 29.2 Å². The van der Waals surface area contributed by atoms with Crippen molar-refractivity contribution >= 4 is 43.2 Å². The Morgan fingerprint density at radius 2 is 1.73 bits per heavy atom. The zero-order chi connectivity index (χ0) is 16.5. The van der Waals surface area contributed by atoms with Crippen molar-refractivity contribution in [2.75, 3.05) is 19.3 Å². The van der Waals surface area contributed by atoms with Gasteiger partial charge in [-0.3, -0.25) is 0 Å². The number of hydrogen-bond acceptors (Lipinski definition) is 4. The molecular formula is C12H16Cl2N2O4S2. The molecule has 124 valence electrons. The first kappa shape index (κ1) is 18.0. The minimum atomic E-state index is -3.81. The van der Waals surface area contributed by atoms with Gasteiger partial charge in [0.25, 0.3) is 0 Å². The molecule has 1 N–H and O–H groups in total. The van der Waals surface area contributed by atoms with Crippen LogP contribution in [0.5, 0.6) is 0 Å². The van der Waals surface area contributed by atoms with E-state index in [0.29, 0.717) is 19.4 Å². The summed E-state index contributed by atoms with van der Waals surface area (Å²) in [5.74, 6) is 0. The van der Waals surface area contributed by atoms with E-state index >= 15 is 0 Å². The van der Waals surface area contributed by atoms with Gasteiger partial charge in [0.1, 0.15) is 0 Å². The summed E-state index contributed by atoms with van der Waals surface area (Å²) < 4.78 is 51.7. The van der Waals surface area contributed by atoms with E-state index in [0.717, 1.165) is 6.26 Å². The molecule has 0 bridgehead atoms. The Morgan fingerprint density at radius 3 is 2.27 bits per heavy atom. The van der Waals surface area contributed by atoms with Crippen LogP contribution in [0.4, 0.5) is 0 Å². The number of nitrogens with one attached hydrogen (secondary N) is 1. The Balaban J connectivity index is 2.18. The van der Waals surface area contributed by atoms with E-state index in [1.165, 1.54) is 22.5 Å². The third-order valence-electron chi connectivity index (χ3n) is 3.32.